The van der Waals surface area contributed by atoms with Crippen LogP contribution in [0.2, 0.25) is 0 Å². The number of fused-ring (bicyclic) bond motifs is 1. The van der Waals surface area contributed by atoms with Crippen LogP contribution in [0.15, 0.2) is 53.3 Å². The van der Waals surface area contributed by atoms with Crippen LogP contribution in [0.1, 0.15) is 79.6 Å². The third-order valence-electron chi connectivity index (χ3n) is 7.89. The summed E-state index contributed by atoms with van der Waals surface area (Å²) in [5.41, 5.74) is 5.34. The van der Waals surface area contributed by atoms with E-state index in [4.69, 9.17) is 0 Å². The molecule has 0 bridgehead atoms. The summed E-state index contributed by atoms with van der Waals surface area (Å²) in [5, 5.41) is 14.1. The van der Waals surface area contributed by atoms with E-state index in [1.165, 1.54) is 30.4 Å². The van der Waals surface area contributed by atoms with E-state index in [2.05, 4.69) is 88.6 Å². The molecule has 5 rings (SSSR count). The topological polar surface area (TPSA) is 79.7 Å². The van der Waals surface area contributed by atoms with E-state index in [1.807, 2.05) is 10.7 Å². The minimum atomic E-state index is -0.00293. The van der Waals surface area contributed by atoms with E-state index in [0.717, 1.165) is 60.1 Å². The molecule has 37 heavy (non-hydrogen) atoms. The highest BCUT2D eigenvalue weighted by molar-refractivity contribution is 5.83. The number of aromatic amines is 1. The van der Waals surface area contributed by atoms with Gasteiger partial charge in [-0.25, -0.2) is 4.68 Å². The molecule has 0 spiro atoms. The Morgan fingerprint density at radius 3 is 2.62 bits per heavy atom. The summed E-state index contributed by atoms with van der Waals surface area (Å²) >= 11 is 0. The van der Waals surface area contributed by atoms with Gasteiger partial charge in [-0.2, -0.15) is 0 Å². The summed E-state index contributed by atoms with van der Waals surface area (Å²) in [6.07, 6.45) is 7.78. The maximum absolute atomic E-state index is 13.3. The molecule has 7 heteroatoms. The molecule has 1 saturated carbocycles. The first-order chi connectivity index (χ1) is 18.0. The van der Waals surface area contributed by atoms with E-state index >= 15 is 0 Å². The van der Waals surface area contributed by atoms with Gasteiger partial charge in [0.25, 0.3) is 5.56 Å². The van der Waals surface area contributed by atoms with Gasteiger partial charge in [-0.05, 0) is 78.8 Å². The van der Waals surface area contributed by atoms with Crippen molar-refractivity contribution in [2.45, 2.75) is 90.9 Å². The summed E-state index contributed by atoms with van der Waals surface area (Å²) in [5.74, 6) is 0.896. The molecule has 2 aromatic carbocycles. The summed E-state index contributed by atoms with van der Waals surface area (Å²) in [6.45, 7) is 7.71. The fourth-order valence-electron chi connectivity index (χ4n) is 5.99. The van der Waals surface area contributed by atoms with Crippen molar-refractivity contribution in [3.63, 3.8) is 0 Å². The number of nitrogens with one attached hydrogen (secondary N) is 1. The van der Waals surface area contributed by atoms with Crippen molar-refractivity contribution in [3.8, 4) is 0 Å². The molecule has 4 aromatic rings. The lowest BCUT2D eigenvalue weighted by atomic mass is 9.92. The van der Waals surface area contributed by atoms with Gasteiger partial charge < -0.3 is 4.98 Å². The number of nitrogens with zero attached hydrogens (tertiary/aromatic N) is 5. The molecular weight excluding hydrogens is 460 g/mol. The van der Waals surface area contributed by atoms with Crippen molar-refractivity contribution in [3.05, 3.63) is 87.0 Å². The molecule has 1 N–H and O–H groups in total. The molecule has 0 unspecified atom stereocenters. The molecule has 1 aliphatic rings. The van der Waals surface area contributed by atoms with Gasteiger partial charge in [-0.3, -0.25) is 9.69 Å². The van der Waals surface area contributed by atoms with Crippen LogP contribution in [0, 0.1) is 13.8 Å². The van der Waals surface area contributed by atoms with Gasteiger partial charge in [-0.1, -0.05) is 62.6 Å². The summed E-state index contributed by atoms with van der Waals surface area (Å²) in [4.78, 5) is 18.9. The van der Waals surface area contributed by atoms with Crippen molar-refractivity contribution in [2.75, 3.05) is 0 Å². The molecule has 1 fully saturated rings. The number of hydrogen-bond acceptors (Lipinski definition) is 5. The Hall–Kier alpha value is -3.32. The molecule has 1 atom stereocenters. The zero-order valence-corrected chi connectivity index (χ0v) is 22.3. The Labute approximate surface area is 218 Å². The van der Waals surface area contributed by atoms with E-state index in [-0.39, 0.29) is 11.6 Å². The van der Waals surface area contributed by atoms with Gasteiger partial charge in [-0.15, -0.1) is 5.10 Å². The molecule has 0 radical (unpaired) electrons. The van der Waals surface area contributed by atoms with Crippen molar-refractivity contribution >= 4 is 10.9 Å². The van der Waals surface area contributed by atoms with E-state index in [9.17, 15) is 4.79 Å². The second-order valence-corrected chi connectivity index (χ2v) is 10.6. The largest absolute Gasteiger partial charge is 0.322 e. The molecule has 194 valence electrons. The highest BCUT2D eigenvalue weighted by atomic mass is 16.1. The molecule has 2 aromatic heterocycles. The SMILES string of the molecule is CC[C@H](c1nnnn1CCc1ccccc1)N(Cc1cc2c(C)cc(C)cc2[nH]c1=O)C1CCCCC1. The van der Waals surface area contributed by atoms with Gasteiger partial charge in [0.1, 0.15) is 0 Å². The number of benzene rings is 2. The Balaban J connectivity index is 1.48. The third kappa shape index (κ3) is 5.67. The smallest absolute Gasteiger partial charge is 0.252 e. The van der Waals surface area contributed by atoms with Crippen molar-refractivity contribution in [2.24, 2.45) is 0 Å². The molecule has 0 aliphatic heterocycles. The van der Waals surface area contributed by atoms with E-state index < -0.39 is 0 Å². The average Bonchev–Trinajstić information content (AvgIpc) is 3.37. The van der Waals surface area contributed by atoms with Crippen molar-refractivity contribution in [1.82, 2.24) is 30.1 Å². The first kappa shape index (κ1) is 25.3. The first-order valence-electron chi connectivity index (χ1n) is 13.7. The van der Waals surface area contributed by atoms with Crippen LogP contribution >= 0.6 is 0 Å². The zero-order valence-electron chi connectivity index (χ0n) is 22.3. The van der Waals surface area contributed by atoms with Gasteiger partial charge >= 0.3 is 0 Å². The Bertz CT molecular complexity index is 1390. The maximum atomic E-state index is 13.3. The van der Waals surface area contributed by atoms with E-state index in [0.29, 0.717) is 12.6 Å². The molecule has 1 aliphatic carbocycles. The molecule has 2 heterocycles. The fraction of sp³-hybridized carbons (Fsp3) is 0.467. The minimum absolute atomic E-state index is 0.00293. The minimum Gasteiger partial charge on any atom is -0.322 e. The highest BCUT2D eigenvalue weighted by Crippen LogP contribution is 2.33. The lowest BCUT2D eigenvalue weighted by Crippen LogP contribution is -2.41. The quantitative estimate of drug-likeness (QED) is 0.322. The number of pyridine rings is 1. The van der Waals surface area contributed by atoms with Gasteiger partial charge in [0.05, 0.1) is 6.04 Å². The maximum Gasteiger partial charge on any atom is 0.252 e. The van der Waals surface area contributed by atoms with Crippen LogP contribution in [0.5, 0.6) is 0 Å². The first-order valence-corrected chi connectivity index (χ1v) is 13.7. The summed E-state index contributed by atoms with van der Waals surface area (Å²) in [7, 11) is 0. The van der Waals surface area contributed by atoms with Crippen LogP contribution in [-0.4, -0.2) is 36.1 Å². The Morgan fingerprint density at radius 1 is 1.08 bits per heavy atom. The van der Waals surface area contributed by atoms with Crippen molar-refractivity contribution < 1.29 is 0 Å². The van der Waals surface area contributed by atoms with Crippen LogP contribution in [0.25, 0.3) is 10.9 Å². The predicted molar refractivity (Wildman–Crippen MR) is 147 cm³/mol. The normalized spacial score (nSPS) is 15.5. The number of rotatable bonds is 9. The Morgan fingerprint density at radius 2 is 1.86 bits per heavy atom. The number of tetrazole rings is 1. The number of hydrogen-bond donors (Lipinski definition) is 1. The van der Waals surface area contributed by atoms with Crippen molar-refractivity contribution in [1.29, 1.82) is 0 Å². The number of aryl methyl sites for hydroxylation is 4. The van der Waals surface area contributed by atoms with Crippen LogP contribution in [-0.2, 0) is 19.5 Å². The average molecular weight is 499 g/mol. The monoisotopic (exact) mass is 498 g/mol. The van der Waals surface area contributed by atoms with E-state index in [1.54, 1.807) is 0 Å². The standard InChI is InChI=1S/C30H38N6O/c1-4-28(29-32-33-34-36(29)16-15-23-11-7-5-8-12-23)35(25-13-9-6-10-14-25)20-24-19-26-22(3)17-21(2)18-27(26)31-30(24)37/h5,7-8,11-12,17-19,25,28H,4,6,9-10,13-16,20H2,1-3H3,(H,31,37)/t28-/m1/s1. The summed E-state index contributed by atoms with van der Waals surface area (Å²) < 4.78 is 1.97. The second-order valence-electron chi connectivity index (χ2n) is 10.6. The fourth-order valence-corrected chi connectivity index (χ4v) is 5.99. The number of H-pyrrole nitrogens is 1. The molecule has 0 saturated heterocycles. The highest BCUT2D eigenvalue weighted by Gasteiger charge is 2.32. The molecule has 0 amide bonds. The van der Waals surface area contributed by atoms with Gasteiger partial charge in [0.2, 0.25) is 0 Å². The second kappa shape index (κ2) is 11.4. The zero-order chi connectivity index (χ0) is 25.8. The number of aromatic nitrogens is 5. The third-order valence-corrected chi connectivity index (χ3v) is 7.89. The van der Waals surface area contributed by atoms with Gasteiger partial charge in [0, 0.05) is 35.6 Å². The van der Waals surface area contributed by atoms with Gasteiger partial charge in [0.15, 0.2) is 5.82 Å². The van der Waals surface area contributed by atoms with Crippen LogP contribution in [0.4, 0.5) is 0 Å². The molecule has 7 nitrogen and oxygen atoms in total. The Kier molecular flexibility index (Phi) is 7.79. The molecular formula is C30H38N6O. The lowest BCUT2D eigenvalue weighted by Gasteiger charge is -2.39. The summed E-state index contributed by atoms with van der Waals surface area (Å²) in [6, 6.07) is 17.3. The lowest BCUT2D eigenvalue weighted by molar-refractivity contribution is 0.0841. The predicted octanol–water partition coefficient (Wildman–Crippen LogP) is 5.66. The van der Waals surface area contributed by atoms with Crippen LogP contribution in [0.3, 0.4) is 0 Å². The van der Waals surface area contributed by atoms with Crippen LogP contribution < -0.4 is 5.56 Å².